The second kappa shape index (κ2) is 3.66. The molecule has 5 nitrogen and oxygen atoms in total. The van der Waals surface area contributed by atoms with Crippen LogP contribution in [0.25, 0.3) is 0 Å². The van der Waals surface area contributed by atoms with Gasteiger partial charge in [0, 0.05) is 6.54 Å². The van der Waals surface area contributed by atoms with Gasteiger partial charge in [0.15, 0.2) is 0 Å². The Labute approximate surface area is 88.1 Å². The minimum Gasteiger partial charge on any atom is -0.480 e. The molecule has 1 aromatic rings. The molecule has 0 saturated carbocycles. The zero-order valence-electron chi connectivity index (χ0n) is 8.90. The number of carboxylic acids is 1. The van der Waals surface area contributed by atoms with Crippen LogP contribution < -0.4 is 5.32 Å². The summed E-state index contributed by atoms with van der Waals surface area (Å²) < 4.78 is 1.80. The summed E-state index contributed by atoms with van der Waals surface area (Å²) in [4.78, 5) is 10.8. The lowest BCUT2D eigenvalue weighted by molar-refractivity contribution is -0.140. The van der Waals surface area contributed by atoms with Crippen molar-refractivity contribution in [2.45, 2.75) is 38.9 Å². The molecule has 2 rings (SSSR count). The van der Waals surface area contributed by atoms with Crippen molar-refractivity contribution < 1.29 is 9.90 Å². The van der Waals surface area contributed by atoms with Crippen molar-refractivity contribution in [2.24, 2.45) is 0 Å². The van der Waals surface area contributed by atoms with Crippen LogP contribution in [0.3, 0.4) is 0 Å². The van der Waals surface area contributed by atoms with Gasteiger partial charge in [-0.05, 0) is 12.0 Å². The van der Waals surface area contributed by atoms with E-state index in [0.717, 1.165) is 11.4 Å². The average molecular weight is 209 g/mol. The van der Waals surface area contributed by atoms with E-state index in [2.05, 4.69) is 24.3 Å². The highest BCUT2D eigenvalue weighted by molar-refractivity contribution is 5.73. The molecule has 2 heterocycles. The number of hydrogen-bond donors (Lipinski definition) is 2. The van der Waals surface area contributed by atoms with E-state index in [0.29, 0.717) is 19.0 Å². The van der Waals surface area contributed by atoms with E-state index in [-0.39, 0.29) is 0 Å². The smallest absolute Gasteiger partial charge is 0.322 e. The van der Waals surface area contributed by atoms with Gasteiger partial charge < -0.3 is 5.11 Å². The van der Waals surface area contributed by atoms with E-state index < -0.39 is 12.0 Å². The van der Waals surface area contributed by atoms with Crippen LogP contribution in [0.1, 0.15) is 31.2 Å². The predicted molar refractivity (Wildman–Crippen MR) is 54.6 cm³/mol. The summed E-state index contributed by atoms with van der Waals surface area (Å²) in [5.41, 5.74) is 2.09. The standard InChI is InChI=1S/C10H15N3O2/c1-6(2)8-3-7-4-11-9(10(14)15)5-13(7)12-8/h3,6,9,11H,4-5H2,1-2H3,(H,14,15). The van der Waals surface area contributed by atoms with Gasteiger partial charge in [-0.15, -0.1) is 0 Å². The second-order valence-corrected chi connectivity index (χ2v) is 4.17. The lowest BCUT2D eigenvalue weighted by Crippen LogP contribution is -2.44. The van der Waals surface area contributed by atoms with Gasteiger partial charge in [-0.3, -0.25) is 14.8 Å². The first kappa shape index (κ1) is 10.2. The molecule has 15 heavy (non-hydrogen) atoms. The molecule has 0 saturated heterocycles. The van der Waals surface area contributed by atoms with E-state index in [1.165, 1.54) is 0 Å². The van der Waals surface area contributed by atoms with Gasteiger partial charge in [0.1, 0.15) is 6.04 Å². The van der Waals surface area contributed by atoms with Crippen LogP contribution in [0.4, 0.5) is 0 Å². The Morgan fingerprint density at radius 1 is 1.73 bits per heavy atom. The summed E-state index contributed by atoms with van der Waals surface area (Å²) in [6, 6.07) is 1.52. The van der Waals surface area contributed by atoms with Crippen LogP contribution in [0.15, 0.2) is 6.07 Å². The molecule has 0 amide bonds. The van der Waals surface area contributed by atoms with Crippen LogP contribution in [0.5, 0.6) is 0 Å². The molecule has 0 fully saturated rings. The first-order chi connectivity index (χ1) is 7.08. The highest BCUT2D eigenvalue weighted by Gasteiger charge is 2.25. The molecule has 1 aliphatic heterocycles. The lowest BCUT2D eigenvalue weighted by atomic mass is 10.1. The van der Waals surface area contributed by atoms with Gasteiger partial charge in [0.05, 0.1) is 17.9 Å². The Hall–Kier alpha value is -1.36. The maximum absolute atomic E-state index is 10.8. The average Bonchev–Trinajstić information content (AvgIpc) is 2.59. The van der Waals surface area contributed by atoms with E-state index >= 15 is 0 Å². The molecular weight excluding hydrogens is 194 g/mol. The number of fused-ring (bicyclic) bond motifs is 1. The molecule has 0 radical (unpaired) electrons. The third-order valence-corrected chi connectivity index (χ3v) is 2.66. The topological polar surface area (TPSA) is 67.2 Å². The molecule has 82 valence electrons. The third kappa shape index (κ3) is 1.87. The zero-order valence-corrected chi connectivity index (χ0v) is 8.90. The predicted octanol–water partition coefficient (Wildman–Crippen LogP) is 0.563. The fourth-order valence-electron chi connectivity index (χ4n) is 1.69. The molecule has 2 N–H and O–H groups in total. The first-order valence-corrected chi connectivity index (χ1v) is 5.10. The van der Waals surface area contributed by atoms with Gasteiger partial charge >= 0.3 is 5.97 Å². The zero-order chi connectivity index (χ0) is 11.0. The minimum atomic E-state index is -0.817. The number of aromatic nitrogens is 2. The minimum absolute atomic E-state index is 0.381. The monoisotopic (exact) mass is 209 g/mol. The van der Waals surface area contributed by atoms with Crippen molar-refractivity contribution in [1.29, 1.82) is 0 Å². The van der Waals surface area contributed by atoms with Crippen molar-refractivity contribution in [1.82, 2.24) is 15.1 Å². The van der Waals surface area contributed by atoms with Crippen molar-refractivity contribution in [3.63, 3.8) is 0 Å². The number of hydrogen-bond acceptors (Lipinski definition) is 3. The Morgan fingerprint density at radius 3 is 3.07 bits per heavy atom. The molecule has 5 heteroatoms. The van der Waals surface area contributed by atoms with E-state index in [4.69, 9.17) is 5.11 Å². The van der Waals surface area contributed by atoms with Crippen LogP contribution in [-0.4, -0.2) is 26.9 Å². The van der Waals surface area contributed by atoms with Gasteiger partial charge in [0.25, 0.3) is 0 Å². The maximum Gasteiger partial charge on any atom is 0.322 e. The quantitative estimate of drug-likeness (QED) is 0.747. The van der Waals surface area contributed by atoms with Crippen molar-refractivity contribution >= 4 is 5.97 Å². The molecule has 0 aliphatic carbocycles. The van der Waals surface area contributed by atoms with Crippen LogP contribution in [0, 0.1) is 0 Å². The number of aliphatic carboxylic acids is 1. The van der Waals surface area contributed by atoms with Crippen LogP contribution >= 0.6 is 0 Å². The Balaban J connectivity index is 2.22. The van der Waals surface area contributed by atoms with E-state index in [9.17, 15) is 4.79 Å². The molecule has 1 unspecified atom stereocenters. The van der Waals surface area contributed by atoms with Gasteiger partial charge in [0.2, 0.25) is 0 Å². The number of carboxylic acid groups (broad SMARTS) is 1. The highest BCUT2D eigenvalue weighted by Crippen LogP contribution is 2.17. The Morgan fingerprint density at radius 2 is 2.47 bits per heavy atom. The Kier molecular flexibility index (Phi) is 2.48. The number of nitrogens with zero attached hydrogens (tertiary/aromatic N) is 2. The fraction of sp³-hybridized carbons (Fsp3) is 0.600. The van der Waals surface area contributed by atoms with Crippen LogP contribution in [-0.2, 0) is 17.9 Å². The summed E-state index contributed by atoms with van der Waals surface area (Å²) >= 11 is 0. The maximum atomic E-state index is 10.8. The third-order valence-electron chi connectivity index (χ3n) is 2.66. The van der Waals surface area contributed by atoms with Gasteiger partial charge in [-0.1, -0.05) is 13.8 Å². The summed E-state index contributed by atoms with van der Waals surface area (Å²) in [6.45, 7) is 5.15. The summed E-state index contributed by atoms with van der Waals surface area (Å²) in [5.74, 6) is -0.436. The second-order valence-electron chi connectivity index (χ2n) is 4.17. The van der Waals surface area contributed by atoms with E-state index in [1.54, 1.807) is 4.68 Å². The van der Waals surface area contributed by atoms with Gasteiger partial charge in [-0.2, -0.15) is 5.10 Å². The van der Waals surface area contributed by atoms with Crippen molar-refractivity contribution in [3.8, 4) is 0 Å². The molecule has 1 aromatic heterocycles. The molecule has 0 aromatic carbocycles. The first-order valence-electron chi connectivity index (χ1n) is 5.10. The SMILES string of the molecule is CC(C)c1cc2n(n1)CC(C(=O)O)NC2. The van der Waals surface area contributed by atoms with Crippen molar-refractivity contribution in [3.05, 3.63) is 17.5 Å². The van der Waals surface area contributed by atoms with Gasteiger partial charge in [-0.25, -0.2) is 0 Å². The number of rotatable bonds is 2. The molecule has 1 atom stereocenters. The molecule has 0 bridgehead atoms. The molecule has 1 aliphatic rings. The summed E-state index contributed by atoms with van der Waals surface area (Å²) in [5, 5.41) is 16.2. The summed E-state index contributed by atoms with van der Waals surface area (Å²) in [7, 11) is 0. The highest BCUT2D eigenvalue weighted by atomic mass is 16.4. The summed E-state index contributed by atoms with van der Waals surface area (Å²) in [6.07, 6.45) is 0. The number of nitrogens with one attached hydrogen (secondary N) is 1. The van der Waals surface area contributed by atoms with E-state index in [1.807, 2.05) is 6.07 Å². The largest absolute Gasteiger partial charge is 0.480 e. The normalized spacial score (nSPS) is 20.3. The lowest BCUT2D eigenvalue weighted by Gasteiger charge is -2.21. The molecular formula is C10H15N3O2. The fourth-order valence-corrected chi connectivity index (χ4v) is 1.69. The Bertz CT molecular complexity index is 384. The van der Waals surface area contributed by atoms with Crippen molar-refractivity contribution in [2.75, 3.05) is 0 Å². The van der Waals surface area contributed by atoms with Crippen LogP contribution in [0.2, 0.25) is 0 Å². The number of carbonyl (C=O) groups is 1. The molecule has 0 spiro atoms.